The second-order valence-electron chi connectivity index (χ2n) is 7.20. The van der Waals surface area contributed by atoms with E-state index in [0.29, 0.717) is 5.69 Å². The van der Waals surface area contributed by atoms with Gasteiger partial charge < -0.3 is 10.0 Å². The monoisotopic (exact) mass is 334 g/mol. The summed E-state index contributed by atoms with van der Waals surface area (Å²) in [5, 5.41) is 9.89. The summed E-state index contributed by atoms with van der Waals surface area (Å²) in [5.41, 5.74) is 6.69. The van der Waals surface area contributed by atoms with Gasteiger partial charge in [-0.1, -0.05) is 18.2 Å². The SMILES string of the molecule is CCN1c2cc(C)c(C=Nc3ccccc3O)cc2C(C)=CC1(C)C. The number of hydrogen-bond acceptors (Lipinski definition) is 3. The molecule has 0 amide bonds. The number of rotatable bonds is 3. The molecule has 0 aliphatic carbocycles. The molecule has 0 bridgehead atoms. The third-order valence-corrected chi connectivity index (χ3v) is 4.91. The van der Waals surface area contributed by atoms with Crippen LogP contribution in [-0.4, -0.2) is 23.4 Å². The van der Waals surface area contributed by atoms with Crippen LogP contribution in [0.15, 0.2) is 47.5 Å². The summed E-state index contributed by atoms with van der Waals surface area (Å²) in [7, 11) is 0. The van der Waals surface area contributed by atoms with Gasteiger partial charge in [0.25, 0.3) is 0 Å². The maximum absolute atomic E-state index is 9.89. The van der Waals surface area contributed by atoms with Crippen molar-refractivity contribution in [2.75, 3.05) is 11.4 Å². The molecule has 0 saturated heterocycles. The van der Waals surface area contributed by atoms with Gasteiger partial charge >= 0.3 is 0 Å². The lowest BCUT2D eigenvalue weighted by Gasteiger charge is -2.43. The van der Waals surface area contributed by atoms with Gasteiger partial charge in [-0.2, -0.15) is 0 Å². The van der Waals surface area contributed by atoms with Crippen molar-refractivity contribution in [3.63, 3.8) is 0 Å². The minimum Gasteiger partial charge on any atom is -0.506 e. The minimum atomic E-state index is 0.0176. The van der Waals surface area contributed by atoms with E-state index in [4.69, 9.17) is 0 Å². The molecular formula is C22H26N2O. The van der Waals surface area contributed by atoms with Crippen LogP contribution in [0.5, 0.6) is 5.75 Å². The number of aromatic hydroxyl groups is 1. The van der Waals surface area contributed by atoms with Gasteiger partial charge in [0, 0.05) is 24.0 Å². The van der Waals surface area contributed by atoms with E-state index < -0.39 is 0 Å². The fraction of sp³-hybridized carbons (Fsp3) is 0.318. The number of aryl methyl sites for hydroxylation is 1. The van der Waals surface area contributed by atoms with Gasteiger partial charge in [0.15, 0.2) is 0 Å². The first kappa shape index (κ1) is 17.3. The smallest absolute Gasteiger partial charge is 0.141 e. The molecule has 1 heterocycles. The Morgan fingerprint density at radius 3 is 2.56 bits per heavy atom. The summed E-state index contributed by atoms with van der Waals surface area (Å²) in [5.74, 6) is 0.198. The molecule has 130 valence electrons. The standard InChI is InChI=1S/C22H26N2O/c1-6-24-20-11-15(2)17(12-18(20)16(3)13-22(24,4)5)14-23-19-9-7-8-10-21(19)25/h7-14,25H,6H2,1-5H3. The number of para-hydroxylation sites is 2. The highest BCUT2D eigenvalue weighted by Crippen LogP contribution is 2.40. The predicted molar refractivity (Wildman–Crippen MR) is 107 cm³/mol. The molecule has 2 aromatic rings. The maximum Gasteiger partial charge on any atom is 0.141 e. The molecule has 3 nitrogen and oxygen atoms in total. The Kier molecular flexibility index (Phi) is 4.42. The van der Waals surface area contributed by atoms with Crippen molar-refractivity contribution in [3.05, 3.63) is 59.2 Å². The molecule has 0 fully saturated rings. The van der Waals surface area contributed by atoms with E-state index in [1.54, 1.807) is 12.1 Å². The average molecular weight is 334 g/mol. The number of phenolic OH excluding ortho intramolecular Hbond substituents is 1. The number of aliphatic imine (C=N–C) groups is 1. The summed E-state index contributed by atoms with van der Waals surface area (Å²) in [4.78, 5) is 6.91. The average Bonchev–Trinajstić information content (AvgIpc) is 2.54. The molecule has 0 spiro atoms. The van der Waals surface area contributed by atoms with E-state index in [0.717, 1.165) is 12.1 Å². The van der Waals surface area contributed by atoms with Gasteiger partial charge in [-0.15, -0.1) is 0 Å². The number of benzene rings is 2. The van der Waals surface area contributed by atoms with E-state index in [2.05, 4.69) is 62.7 Å². The number of allylic oxidation sites excluding steroid dienone is 1. The van der Waals surface area contributed by atoms with Gasteiger partial charge in [0.2, 0.25) is 0 Å². The van der Waals surface area contributed by atoms with Gasteiger partial charge in [-0.05, 0) is 75.6 Å². The molecule has 0 unspecified atom stereocenters. The number of fused-ring (bicyclic) bond motifs is 1. The van der Waals surface area contributed by atoms with E-state index >= 15 is 0 Å². The predicted octanol–water partition coefficient (Wildman–Crippen LogP) is 5.47. The van der Waals surface area contributed by atoms with Crippen LogP contribution in [0, 0.1) is 6.92 Å². The Morgan fingerprint density at radius 2 is 1.88 bits per heavy atom. The Balaban J connectivity index is 2.05. The lowest BCUT2D eigenvalue weighted by Crippen LogP contribution is -2.45. The van der Waals surface area contributed by atoms with E-state index in [9.17, 15) is 5.11 Å². The fourth-order valence-corrected chi connectivity index (χ4v) is 3.67. The second kappa shape index (κ2) is 6.40. The second-order valence-corrected chi connectivity index (χ2v) is 7.20. The topological polar surface area (TPSA) is 35.8 Å². The summed E-state index contributed by atoms with van der Waals surface area (Å²) >= 11 is 0. The van der Waals surface area contributed by atoms with E-state index in [1.165, 1.54) is 22.4 Å². The normalized spacial score (nSPS) is 16.0. The van der Waals surface area contributed by atoms with Crippen molar-refractivity contribution >= 4 is 23.2 Å². The molecule has 1 aliphatic heterocycles. The quantitative estimate of drug-likeness (QED) is 0.755. The Hall–Kier alpha value is -2.55. The highest BCUT2D eigenvalue weighted by molar-refractivity contribution is 5.90. The van der Waals surface area contributed by atoms with Crippen LogP contribution in [0.25, 0.3) is 5.57 Å². The van der Waals surface area contributed by atoms with Crippen LogP contribution in [0.1, 0.15) is 44.4 Å². The van der Waals surface area contributed by atoms with Crippen LogP contribution in [-0.2, 0) is 0 Å². The maximum atomic E-state index is 9.89. The summed E-state index contributed by atoms with van der Waals surface area (Å²) in [6.45, 7) is 12.0. The van der Waals surface area contributed by atoms with Gasteiger partial charge in [-0.3, -0.25) is 4.99 Å². The number of phenols is 1. The summed E-state index contributed by atoms with van der Waals surface area (Å²) in [6.07, 6.45) is 4.17. The van der Waals surface area contributed by atoms with Gasteiger partial charge in [0.05, 0.1) is 5.54 Å². The zero-order valence-corrected chi connectivity index (χ0v) is 15.7. The van der Waals surface area contributed by atoms with Crippen LogP contribution >= 0.6 is 0 Å². The fourth-order valence-electron chi connectivity index (χ4n) is 3.67. The largest absolute Gasteiger partial charge is 0.506 e. The summed E-state index contributed by atoms with van der Waals surface area (Å²) in [6, 6.07) is 11.6. The van der Waals surface area contributed by atoms with Crippen molar-refractivity contribution in [1.82, 2.24) is 0 Å². The molecule has 1 aliphatic rings. The van der Waals surface area contributed by atoms with E-state index in [-0.39, 0.29) is 11.3 Å². The zero-order valence-electron chi connectivity index (χ0n) is 15.7. The van der Waals surface area contributed by atoms with Crippen LogP contribution in [0.2, 0.25) is 0 Å². The lowest BCUT2D eigenvalue weighted by molar-refractivity contribution is 0.477. The highest BCUT2D eigenvalue weighted by Gasteiger charge is 2.30. The van der Waals surface area contributed by atoms with Crippen LogP contribution in [0.4, 0.5) is 11.4 Å². The molecule has 1 N–H and O–H groups in total. The van der Waals surface area contributed by atoms with Crippen molar-refractivity contribution in [1.29, 1.82) is 0 Å². The van der Waals surface area contributed by atoms with E-state index in [1.807, 2.05) is 18.3 Å². The molecule has 2 aromatic carbocycles. The number of nitrogens with zero attached hydrogens (tertiary/aromatic N) is 2. The zero-order chi connectivity index (χ0) is 18.2. The first-order chi connectivity index (χ1) is 11.8. The van der Waals surface area contributed by atoms with Crippen molar-refractivity contribution in [2.45, 2.75) is 40.2 Å². The minimum absolute atomic E-state index is 0.0176. The molecular weight excluding hydrogens is 308 g/mol. The first-order valence-electron chi connectivity index (χ1n) is 8.77. The van der Waals surface area contributed by atoms with Crippen molar-refractivity contribution in [2.24, 2.45) is 4.99 Å². The van der Waals surface area contributed by atoms with Gasteiger partial charge in [0.1, 0.15) is 11.4 Å². The van der Waals surface area contributed by atoms with Crippen LogP contribution < -0.4 is 4.90 Å². The molecule has 0 atom stereocenters. The Labute approximate surface area is 150 Å². The molecule has 3 heteroatoms. The van der Waals surface area contributed by atoms with Crippen LogP contribution in [0.3, 0.4) is 0 Å². The van der Waals surface area contributed by atoms with Crippen molar-refractivity contribution in [3.8, 4) is 5.75 Å². The Morgan fingerprint density at radius 1 is 1.16 bits per heavy atom. The summed E-state index contributed by atoms with van der Waals surface area (Å²) < 4.78 is 0. The third kappa shape index (κ3) is 3.19. The Bertz CT molecular complexity index is 862. The lowest BCUT2D eigenvalue weighted by atomic mass is 9.87. The highest BCUT2D eigenvalue weighted by atomic mass is 16.3. The first-order valence-corrected chi connectivity index (χ1v) is 8.77. The number of likely N-dealkylation sites (N-methyl/N-ethyl adjacent to an activating group) is 1. The third-order valence-electron chi connectivity index (χ3n) is 4.91. The molecule has 0 radical (unpaired) electrons. The molecule has 25 heavy (non-hydrogen) atoms. The van der Waals surface area contributed by atoms with Gasteiger partial charge in [-0.25, -0.2) is 0 Å². The molecule has 0 saturated carbocycles. The molecule has 3 rings (SSSR count). The number of hydrogen-bond donors (Lipinski definition) is 1. The number of anilines is 1. The molecule has 0 aromatic heterocycles. The van der Waals surface area contributed by atoms with Crippen molar-refractivity contribution < 1.29 is 5.11 Å².